The van der Waals surface area contributed by atoms with E-state index < -0.39 is 0 Å². The molecular formula is C19H16N2O2S. The van der Waals surface area contributed by atoms with Crippen molar-refractivity contribution in [2.45, 2.75) is 24.7 Å². The zero-order valence-electron chi connectivity index (χ0n) is 13.0. The number of aromatic nitrogens is 1. The summed E-state index contributed by atoms with van der Waals surface area (Å²) >= 11 is 1.69. The number of nitrogens with zero attached hydrogens (tertiary/aromatic N) is 2. The van der Waals surface area contributed by atoms with Gasteiger partial charge in [-0.05, 0) is 24.8 Å². The number of hydrogen-bond donors (Lipinski definition) is 0. The van der Waals surface area contributed by atoms with Crippen LogP contribution in [0.2, 0.25) is 0 Å². The second-order valence-corrected chi connectivity index (χ2v) is 7.14. The fourth-order valence-electron chi connectivity index (χ4n) is 3.03. The van der Waals surface area contributed by atoms with Gasteiger partial charge in [0.1, 0.15) is 5.01 Å². The summed E-state index contributed by atoms with van der Waals surface area (Å²) in [6.07, 6.45) is 3.15. The standard InChI is InChI=1S/C19H16N2O2S/c22-21(23)16-8-6-14(7-9-16)12-19(10-11-19)17-13-24-18(20-17)15-4-2-1-3-5-15/h1-9,13H,10-12H2. The lowest BCUT2D eigenvalue weighted by Gasteiger charge is -2.12. The average molecular weight is 336 g/mol. The van der Waals surface area contributed by atoms with E-state index in [0.717, 1.165) is 41.1 Å². The molecule has 0 amide bonds. The maximum Gasteiger partial charge on any atom is 0.269 e. The number of nitro groups is 1. The monoisotopic (exact) mass is 336 g/mol. The average Bonchev–Trinajstić information content (AvgIpc) is 3.21. The van der Waals surface area contributed by atoms with Gasteiger partial charge in [-0.1, -0.05) is 42.5 Å². The molecule has 1 saturated carbocycles. The maximum atomic E-state index is 10.8. The van der Waals surface area contributed by atoms with Crippen LogP contribution in [0.1, 0.15) is 24.1 Å². The van der Waals surface area contributed by atoms with E-state index >= 15 is 0 Å². The second-order valence-electron chi connectivity index (χ2n) is 6.28. The number of nitro benzene ring substituents is 1. The Bertz CT molecular complexity index is 868. The van der Waals surface area contributed by atoms with Gasteiger partial charge in [-0.15, -0.1) is 11.3 Å². The van der Waals surface area contributed by atoms with Gasteiger partial charge in [0.05, 0.1) is 10.6 Å². The molecule has 1 aliphatic rings. The highest BCUT2D eigenvalue weighted by atomic mass is 32.1. The van der Waals surface area contributed by atoms with Crippen molar-refractivity contribution in [1.29, 1.82) is 0 Å². The fourth-order valence-corrected chi connectivity index (χ4v) is 3.98. The lowest BCUT2D eigenvalue weighted by Crippen LogP contribution is -2.11. The zero-order valence-corrected chi connectivity index (χ0v) is 13.8. The largest absolute Gasteiger partial charge is 0.269 e. The number of thiazole rings is 1. The van der Waals surface area contributed by atoms with Gasteiger partial charge in [0.25, 0.3) is 5.69 Å². The van der Waals surface area contributed by atoms with Gasteiger partial charge in [-0.2, -0.15) is 0 Å². The first kappa shape index (κ1) is 15.0. The van der Waals surface area contributed by atoms with Crippen LogP contribution in [0.5, 0.6) is 0 Å². The highest BCUT2D eigenvalue weighted by Crippen LogP contribution is 2.51. The van der Waals surface area contributed by atoms with E-state index in [4.69, 9.17) is 4.98 Å². The summed E-state index contributed by atoms with van der Waals surface area (Å²) in [6, 6.07) is 17.1. The van der Waals surface area contributed by atoms with Crippen molar-refractivity contribution in [2.24, 2.45) is 0 Å². The molecule has 1 aromatic heterocycles. The van der Waals surface area contributed by atoms with Gasteiger partial charge in [-0.3, -0.25) is 10.1 Å². The first-order chi connectivity index (χ1) is 11.7. The van der Waals surface area contributed by atoms with Crippen molar-refractivity contribution in [3.05, 3.63) is 81.3 Å². The number of rotatable bonds is 5. The third-order valence-electron chi connectivity index (χ3n) is 4.61. The first-order valence-corrected chi connectivity index (χ1v) is 8.79. The van der Waals surface area contributed by atoms with E-state index in [1.54, 1.807) is 23.5 Å². The van der Waals surface area contributed by atoms with Crippen molar-refractivity contribution in [3.8, 4) is 10.6 Å². The van der Waals surface area contributed by atoms with Crippen LogP contribution in [0.4, 0.5) is 5.69 Å². The molecular weight excluding hydrogens is 320 g/mol. The van der Waals surface area contributed by atoms with Crippen LogP contribution >= 0.6 is 11.3 Å². The van der Waals surface area contributed by atoms with Crippen LogP contribution in [0.25, 0.3) is 10.6 Å². The molecule has 0 atom stereocenters. The van der Waals surface area contributed by atoms with Crippen LogP contribution in [-0.2, 0) is 11.8 Å². The van der Waals surface area contributed by atoms with Gasteiger partial charge in [0, 0.05) is 28.5 Å². The van der Waals surface area contributed by atoms with Crippen molar-refractivity contribution < 1.29 is 4.92 Å². The zero-order chi connectivity index (χ0) is 16.6. The Hall–Kier alpha value is -2.53. The fraction of sp³-hybridized carbons (Fsp3) is 0.211. The van der Waals surface area contributed by atoms with E-state index in [9.17, 15) is 10.1 Å². The van der Waals surface area contributed by atoms with Gasteiger partial charge in [0.2, 0.25) is 0 Å². The Balaban J connectivity index is 1.55. The van der Waals surface area contributed by atoms with Gasteiger partial charge in [0.15, 0.2) is 0 Å². The number of benzene rings is 2. The molecule has 0 spiro atoms. The summed E-state index contributed by atoms with van der Waals surface area (Å²) in [5, 5.41) is 14.0. The highest BCUT2D eigenvalue weighted by Gasteiger charge is 2.46. The van der Waals surface area contributed by atoms with Crippen molar-refractivity contribution in [3.63, 3.8) is 0 Å². The summed E-state index contributed by atoms with van der Waals surface area (Å²) in [4.78, 5) is 15.3. The summed E-state index contributed by atoms with van der Waals surface area (Å²) in [6.45, 7) is 0. The van der Waals surface area contributed by atoms with Crippen LogP contribution < -0.4 is 0 Å². The molecule has 4 rings (SSSR count). The molecule has 0 aliphatic heterocycles. The Kier molecular flexibility index (Phi) is 3.65. The molecule has 0 unspecified atom stereocenters. The molecule has 2 aromatic carbocycles. The number of non-ortho nitro benzene ring substituents is 1. The minimum Gasteiger partial charge on any atom is -0.258 e. The van der Waals surface area contributed by atoms with Gasteiger partial charge < -0.3 is 0 Å². The highest BCUT2D eigenvalue weighted by molar-refractivity contribution is 7.13. The molecule has 0 N–H and O–H groups in total. The molecule has 1 heterocycles. The molecule has 5 heteroatoms. The van der Waals surface area contributed by atoms with E-state index in [2.05, 4.69) is 17.5 Å². The van der Waals surface area contributed by atoms with Gasteiger partial charge in [-0.25, -0.2) is 4.98 Å². The quantitative estimate of drug-likeness (QED) is 0.487. The van der Waals surface area contributed by atoms with Gasteiger partial charge >= 0.3 is 0 Å². The molecule has 0 radical (unpaired) electrons. The Morgan fingerprint density at radius 3 is 2.42 bits per heavy atom. The van der Waals surface area contributed by atoms with Crippen LogP contribution in [-0.4, -0.2) is 9.91 Å². The Labute approximate surface area is 144 Å². The van der Waals surface area contributed by atoms with Crippen molar-refractivity contribution >= 4 is 17.0 Å². The SMILES string of the molecule is O=[N+]([O-])c1ccc(CC2(c3csc(-c4ccccc4)n3)CC2)cc1. The predicted octanol–water partition coefficient (Wildman–Crippen LogP) is 4.99. The molecule has 1 aliphatic carbocycles. The molecule has 1 fully saturated rings. The lowest BCUT2D eigenvalue weighted by atomic mass is 9.93. The Morgan fingerprint density at radius 1 is 1.08 bits per heavy atom. The summed E-state index contributed by atoms with van der Waals surface area (Å²) in [5.74, 6) is 0. The molecule has 4 nitrogen and oxygen atoms in total. The van der Waals surface area contributed by atoms with E-state index in [0.29, 0.717) is 0 Å². The third-order valence-corrected chi connectivity index (χ3v) is 5.50. The normalized spacial score (nSPS) is 15.2. The molecule has 3 aromatic rings. The van der Waals surface area contributed by atoms with E-state index in [1.807, 2.05) is 30.3 Å². The molecule has 24 heavy (non-hydrogen) atoms. The van der Waals surface area contributed by atoms with Crippen molar-refractivity contribution in [1.82, 2.24) is 4.98 Å². The minimum atomic E-state index is -0.358. The molecule has 0 saturated heterocycles. The molecule has 120 valence electrons. The topological polar surface area (TPSA) is 56.0 Å². The molecule has 0 bridgehead atoms. The van der Waals surface area contributed by atoms with Crippen LogP contribution in [0.3, 0.4) is 0 Å². The van der Waals surface area contributed by atoms with Crippen LogP contribution in [0, 0.1) is 10.1 Å². The Morgan fingerprint density at radius 2 is 1.79 bits per heavy atom. The lowest BCUT2D eigenvalue weighted by molar-refractivity contribution is -0.384. The van der Waals surface area contributed by atoms with Crippen molar-refractivity contribution in [2.75, 3.05) is 0 Å². The smallest absolute Gasteiger partial charge is 0.258 e. The van der Waals surface area contributed by atoms with Crippen LogP contribution in [0.15, 0.2) is 60.0 Å². The maximum absolute atomic E-state index is 10.8. The van der Waals surface area contributed by atoms with E-state index in [-0.39, 0.29) is 16.0 Å². The summed E-state index contributed by atoms with van der Waals surface area (Å²) in [7, 11) is 0. The minimum absolute atomic E-state index is 0.111. The summed E-state index contributed by atoms with van der Waals surface area (Å²) < 4.78 is 0. The second kappa shape index (κ2) is 5.83. The third kappa shape index (κ3) is 2.83. The predicted molar refractivity (Wildman–Crippen MR) is 95.3 cm³/mol. The number of hydrogen-bond acceptors (Lipinski definition) is 4. The van der Waals surface area contributed by atoms with E-state index in [1.165, 1.54) is 0 Å². The first-order valence-electron chi connectivity index (χ1n) is 7.91. The summed E-state index contributed by atoms with van der Waals surface area (Å²) in [5.41, 5.74) is 3.69.